The first-order valence-corrected chi connectivity index (χ1v) is 7.59. The second-order valence-corrected chi connectivity index (χ2v) is 5.42. The van der Waals surface area contributed by atoms with E-state index in [1.165, 1.54) is 18.2 Å². The molecule has 0 fully saturated rings. The number of amides is 1. The highest BCUT2D eigenvalue weighted by Gasteiger charge is 2.18. The van der Waals surface area contributed by atoms with Crippen LogP contribution in [-0.4, -0.2) is 24.2 Å². The minimum absolute atomic E-state index is 0.0541. The number of nitro benzene ring substituents is 1. The highest BCUT2D eigenvalue weighted by Crippen LogP contribution is 2.34. The zero-order valence-corrected chi connectivity index (χ0v) is 13.4. The fourth-order valence-corrected chi connectivity index (χ4v) is 2.42. The fourth-order valence-electron chi connectivity index (χ4n) is 2.42. The summed E-state index contributed by atoms with van der Waals surface area (Å²) in [6.07, 6.45) is 0. The van der Waals surface area contributed by atoms with Crippen molar-refractivity contribution in [2.75, 3.05) is 13.4 Å². The maximum absolute atomic E-state index is 12.1. The van der Waals surface area contributed by atoms with Gasteiger partial charge in [-0.15, -0.1) is 0 Å². The molecular formula is C17H16N2O6. The third-order valence-corrected chi connectivity index (χ3v) is 3.69. The van der Waals surface area contributed by atoms with Gasteiger partial charge in [0.15, 0.2) is 23.9 Å². The molecule has 0 saturated carbocycles. The van der Waals surface area contributed by atoms with Crippen molar-refractivity contribution in [3.05, 3.63) is 58.1 Å². The van der Waals surface area contributed by atoms with Gasteiger partial charge in [0.25, 0.3) is 5.91 Å². The molecule has 130 valence electrons. The van der Waals surface area contributed by atoms with E-state index in [-0.39, 0.29) is 36.8 Å². The van der Waals surface area contributed by atoms with E-state index in [1.807, 2.05) is 13.0 Å². The number of hydrogen-bond acceptors (Lipinski definition) is 6. The molecule has 0 unspecified atom stereocenters. The smallest absolute Gasteiger partial charge is 0.310 e. The van der Waals surface area contributed by atoms with Gasteiger partial charge in [0.1, 0.15) is 0 Å². The van der Waals surface area contributed by atoms with E-state index in [0.29, 0.717) is 11.5 Å². The summed E-state index contributed by atoms with van der Waals surface area (Å²) in [4.78, 5) is 22.4. The van der Waals surface area contributed by atoms with Crippen LogP contribution < -0.4 is 19.5 Å². The number of hydrogen-bond donors (Lipinski definition) is 1. The number of carbonyl (C=O) groups is 1. The Kier molecular flexibility index (Phi) is 4.69. The second kappa shape index (κ2) is 7.08. The number of carbonyl (C=O) groups excluding carboxylic acids is 1. The molecule has 0 aliphatic carbocycles. The third kappa shape index (κ3) is 3.79. The molecule has 8 nitrogen and oxygen atoms in total. The van der Waals surface area contributed by atoms with Crippen molar-refractivity contribution in [3.8, 4) is 17.2 Å². The van der Waals surface area contributed by atoms with Crippen LogP contribution in [0.5, 0.6) is 17.2 Å². The summed E-state index contributed by atoms with van der Waals surface area (Å²) < 4.78 is 15.8. The van der Waals surface area contributed by atoms with Gasteiger partial charge in [-0.1, -0.05) is 18.2 Å². The zero-order valence-electron chi connectivity index (χ0n) is 13.4. The maximum Gasteiger partial charge on any atom is 0.310 e. The largest absolute Gasteiger partial charge is 0.477 e. The number of ether oxygens (including phenoxy) is 3. The molecule has 1 N–H and O–H groups in total. The van der Waals surface area contributed by atoms with Crippen molar-refractivity contribution in [2.24, 2.45) is 0 Å². The maximum atomic E-state index is 12.1. The van der Waals surface area contributed by atoms with Gasteiger partial charge in [0.2, 0.25) is 6.79 Å². The minimum Gasteiger partial charge on any atom is -0.477 e. The first-order chi connectivity index (χ1) is 12.0. The number of nitrogens with zero attached hydrogens (tertiary/aromatic N) is 1. The zero-order chi connectivity index (χ0) is 17.8. The van der Waals surface area contributed by atoms with Gasteiger partial charge in [0, 0.05) is 6.07 Å². The molecule has 0 spiro atoms. The van der Waals surface area contributed by atoms with Gasteiger partial charge in [-0.25, -0.2) is 0 Å². The van der Waals surface area contributed by atoms with Gasteiger partial charge in [-0.3, -0.25) is 14.9 Å². The van der Waals surface area contributed by atoms with Crippen LogP contribution in [-0.2, 0) is 4.79 Å². The predicted octanol–water partition coefficient (Wildman–Crippen LogP) is 2.58. The molecule has 25 heavy (non-hydrogen) atoms. The molecule has 1 atom stereocenters. The highest BCUT2D eigenvalue weighted by molar-refractivity contribution is 5.78. The number of nitro groups is 1. The van der Waals surface area contributed by atoms with Crippen LogP contribution in [0.25, 0.3) is 0 Å². The van der Waals surface area contributed by atoms with Crippen molar-refractivity contribution in [2.45, 2.75) is 13.0 Å². The molecule has 2 aromatic rings. The summed E-state index contributed by atoms with van der Waals surface area (Å²) in [6.45, 7) is 1.68. The number of para-hydroxylation sites is 2. The molecular weight excluding hydrogens is 328 g/mol. The summed E-state index contributed by atoms with van der Waals surface area (Å²) in [5.41, 5.74) is 0.669. The summed E-state index contributed by atoms with van der Waals surface area (Å²) in [7, 11) is 0. The average Bonchev–Trinajstić information content (AvgIpc) is 3.07. The molecule has 0 aromatic heterocycles. The Balaban J connectivity index is 1.58. The van der Waals surface area contributed by atoms with E-state index >= 15 is 0 Å². The number of benzene rings is 2. The molecule has 8 heteroatoms. The fraction of sp³-hybridized carbons (Fsp3) is 0.235. The standard InChI is InChI=1S/C17H16N2O6/c1-11(12-6-7-15-16(8-12)25-10-24-15)18-17(20)9-23-14-5-3-2-4-13(14)19(21)22/h2-8,11H,9-10H2,1H3,(H,18,20)/t11-/m1/s1. The van der Waals surface area contributed by atoms with Gasteiger partial charge in [-0.05, 0) is 30.7 Å². The first-order valence-electron chi connectivity index (χ1n) is 7.59. The lowest BCUT2D eigenvalue weighted by molar-refractivity contribution is -0.385. The van der Waals surface area contributed by atoms with E-state index in [0.717, 1.165) is 5.56 Å². The normalized spacial score (nSPS) is 13.2. The molecule has 1 amide bonds. The van der Waals surface area contributed by atoms with Crippen LogP contribution in [0.4, 0.5) is 5.69 Å². The van der Waals surface area contributed by atoms with Crippen LogP contribution in [0, 0.1) is 10.1 Å². The Labute approximate surface area is 143 Å². The Morgan fingerprint density at radius 2 is 2.04 bits per heavy atom. The SMILES string of the molecule is C[C@@H](NC(=O)COc1ccccc1[N+](=O)[O-])c1ccc2c(c1)OCO2. The number of fused-ring (bicyclic) bond motifs is 1. The van der Waals surface area contributed by atoms with E-state index in [1.54, 1.807) is 18.2 Å². The van der Waals surface area contributed by atoms with E-state index in [4.69, 9.17) is 14.2 Å². The van der Waals surface area contributed by atoms with Crippen LogP contribution in [0.15, 0.2) is 42.5 Å². The summed E-state index contributed by atoms with van der Waals surface area (Å²) in [5.74, 6) is 0.971. The van der Waals surface area contributed by atoms with Crippen LogP contribution in [0.3, 0.4) is 0 Å². The van der Waals surface area contributed by atoms with Crippen LogP contribution in [0.1, 0.15) is 18.5 Å². The predicted molar refractivity (Wildman–Crippen MR) is 87.7 cm³/mol. The van der Waals surface area contributed by atoms with Crippen LogP contribution >= 0.6 is 0 Å². The van der Waals surface area contributed by atoms with Crippen molar-refractivity contribution in [3.63, 3.8) is 0 Å². The molecule has 1 aliphatic rings. The van der Waals surface area contributed by atoms with Crippen molar-refractivity contribution in [1.82, 2.24) is 5.32 Å². The highest BCUT2D eigenvalue weighted by atomic mass is 16.7. The Bertz CT molecular complexity index is 807. The van der Waals surface area contributed by atoms with Gasteiger partial charge < -0.3 is 19.5 Å². The lowest BCUT2D eigenvalue weighted by Gasteiger charge is -2.15. The second-order valence-electron chi connectivity index (χ2n) is 5.42. The molecule has 0 bridgehead atoms. The number of rotatable bonds is 6. The molecule has 1 aliphatic heterocycles. The first kappa shape index (κ1) is 16.6. The summed E-state index contributed by atoms with van der Waals surface area (Å²) in [5, 5.41) is 13.7. The molecule has 0 saturated heterocycles. The summed E-state index contributed by atoms with van der Waals surface area (Å²) >= 11 is 0. The van der Waals surface area contributed by atoms with Crippen LogP contribution in [0.2, 0.25) is 0 Å². The van der Waals surface area contributed by atoms with Gasteiger partial charge >= 0.3 is 5.69 Å². The lowest BCUT2D eigenvalue weighted by Crippen LogP contribution is -2.31. The van der Waals surface area contributed by atoms with E-state index < -0.39 is 4.92 Å². The van der Waals surface area contributed by atoms with Crippen molar-refractivity contribution >= 4 is 11.6 Å². The molecule has 3 rings (SSSR count). The molecule has 2 aromatic carbocycles. The number of nitrogens with one attached hydrogen (secondary N) is 1. The lowest BCUT2D eigenvalue weighted by atomic mass is 10.1. The minimum atomic E-state index is -0.553. The Hall–Kier alpha value is -3.29. The molecule has 1 heterocycles. The van der Waals surface area contributed by atoms with Gasteiger partial charge in [0.05, 0.1) is 11.0 Å². The Morgan fingerprint density at radius 1 is 1.28 bits per heavy atom. The average molecular weight is 344 g/mol. The third-order valence-electron chi connectivity index (χ3n) is 3.69. The quantitative estimate of drug-likeness (QED) is 0.638. The summed E-state index contributed by atoms with van der Waals surface area (Å²) in [6, 6.07) is 11.1. The molecule has 0 radical (unpaired) electrons. The Morgan fingerprint density at radius 3 is 2.84 bits per heavy atom. The van der Waals surface area contributed by atoms with Crippen molar-refractivity contribution in [1.29, 1.82) is 0 Å². The van der Waals surface area contributed by atoms with E-state index in [9.17, 15) is 14.9 Å². The topological polar surface area (TPSA) is 99.9 Å². The van der Waals surface area contributed by atoms with Crippen molar-refractivity contribution < 1.29 is 23.9 Å². The van der Waals surface area contributed by atoms with Gasteiger partial charge in [-0.2, -0.15) is 0 Å². The van der Waals surface area contributed by atoms with E-state index in [2.05, 4.69) is 5.32 Å². The monoisotopic (exact) mass is 344 g/mol.